The van der Waals surface area contributed by atoms with Crippen molar-refractivity contribution in [1.82, 2.24) is 9.80 Å². The van der Waals surface area contributed by atoms with Crippen LogP contribution >= 0.6 is 0 Å². The van der Waals surface area contributed by atoms with Gasteiger partial charge in [0.05, 0.1) is 12.2 Å². The molecular weight excluding hydrogens is 535 g/mol. The molecule has 4 aromatic rings. The number of ether oxygens (including phenoxy) is 1. The highest BCUT2D eigenvalue weighted by Crippen LogP contribution is 2.42. The summed E-state index contributed by atoms with van der Waals surface area (Å²) in [5.74, 6) is 0. The molecule has 0 radical (unpaired) electrons. The van der Waals surface area contributed by atoms with Crippen LogP contribution in [0.3, 0.4) is 0 Å². The molecule has 7 rings (SSSR count). The first-order valence-electron chi connectivity index (χ1n) is 15.8. The van der Waals surface area contributed by atoms with Crippen molar-refractivity contribution in [1.29, 1.82) is 0 Å². The molecule has 0 amide bonds. The van der Waals surface area contributed by atoms with Crippen LogP contribution in [0.2, 0.25) is 0 Å². The Bertz CT molecular complexity index is 1290. The maximum Gasteiger partial charge on any atom is 0.127 e. The number of alkyl halides is 1. The van der Waals surface area contributed by atoms with E-state index < -0.39 is 12.3 Å². The molecule has 0 bridgehead atoms. The van der Waals surface area contributed by atoms with E-state index >= 15 is 0 Å². The van der Waals surface area contributed by atoms with Crippen molar-refractivity contribution in [2.75, 3.05) is 0 Å². The predicted octanol–water partition coefficient (Wildman–Crippen LogP) is 7.17. The highest BCUT2D eigenvalue weighted by molar-refractivity contribution is 5.20. The molecule has 1 unspecified atom stereocenters. The second-order valence-corrected chi connectivity index (χ2v) is 12.2. The van der Waals surface area contributed by atoms with Gasteiger partial charge in [-0.3, -0.25) is 9.80 Å². The molecular formula is C38H43FN2O2. The van der Waals surface area contributed by atoms with Crippen LogP contribution in [0, 0.1) is 0 Å². The Morgan fingerprint density at radius 3 is 1.21 bits per heavy atom. The van der Waals surface area contributed by atoms with Crippen LogP contribution in [0.1, 0.15) is 47.9 Å². The Hall–Kier alpha value is -3.35. The first-order chi connectivity index (χ1) is 21.1. The van der Waals surface area contributed by atoms with Crippen LogP contribution in [-0.4, -0.2) is 51.5 Å². The Morgan fingerprint density at radius 1 is 0.535 bits per heavy atom. The summed E-state index contributed by atoms with van der Waals surface area (Å²) in [6, 6.07) is 42.4. The van der Waals surface area contributed by atoms with Crippen molar-refractivity contribution in [3.63, 3.8) is 0 Å². The third-order valence-corrected chi connectivity index (χ3v) is 9.10. The van der Waals surface area contributed by atoms with Gasteiger partial charge in [-0.2, -0.15) is 0 Å². The minimum Gasteiger partial charge on any atom is -0.388 e. The van der Waals surface area contributed by atoms with Gasteiger partial charge in [-0.25, -0.2) is 4.39 Å². The lowest BCUT2D eigenvalue weighted by atomic mass is 10.1. The summed E-state index contributed by atoms with van der Waals surface area (Å²) in [6.07, 6.45) is 2.71. The number of hydrogen-bond donors (Lipinski definition) is 1. The summed E-state index contributed by atoms with van der Waals surface area (Å²) in [5, 5.41) is 10.2. The number of aliphatic hydroxyl groups is 1. The molecule has 4 aromatic carbocycles. The second-order valence-electron chi connectivity index (χ2n) is 12.2. The smallest absolute Gasteiger partial charge is 0.127 e. The Morgan fingerprint density at radius 2 is 0.907 bits per heavy atom. The first kappa shape index (κ1) is 29.7. The number of epoxide rings is 1. The van der Waals surface area contributed by atoms with Gasteiger partial charge < -0.3 is 9.84 Å². The van der Waals surface area contributed by atoms with E-state index in [-0.39, 0.29) is 6.04 Å². The number of aliphatic hydroxyl groups excluding tert-OH is 1. The molecule has 1 heterocycles. The van der Waals surface area contributed by atoms with Gasteiger partial charge in [0.1, 0.15) is 12.3 Å². The van der Waals surface area contributed by atoms with Crippen LogP contribution in [0.4, 0.5) is 4.39 Å². The summed E-state index contributed by atoms with van der Waals surface area (Å²) < 4.78 is 19.5. The van der Waals surface area contributed by atoms with Crippen molar-refractivity contribution < 1.29 is 14.2 Å². The average molecular weight is 579 g/mol. The molecule has 1 aliphatic heterocycles. The van der Waals surface area contributed by atoms with E-state index in [4.69, 9.17) is 4.74 Å². The topological polar surface area (TPSA) is 39.2 Å². The molecule has 6 atom stereocenters. The van der Waals surface area contributed by atoms with Crippen LogP contribution < -0.4 is 0 Å². The van der Waals surface area contributed by atoms with E-state index in [1.165, 1.54) is 35.1 Å². The minimum atomic E-state index is -1.10. The standard InChI is InChI=1S/C19H22FNO.C19H21NO/c20-17-11-12-18(19(17)22)21(13-15-7-3-1-4-8-15)14-16-9-5-2-6-10-16;1-3-7-15(8-4-1)13-20(14-16-9-5-2-6-10-16)17-11-12-18-19(17)21-18/h1-10,17-19,22H,11-14H2;1-10,17-19H,11-14H2/t17-,18+,19+;17-,18-,19?/m01/s1. The SMILES string of the molecule is O[C@H]1[C@H](N(Cc2ccccc2)Cc2ccccc2)CC[C@@H]1F.c1ccc(CN(Cc2ccccc2)[C@@H]2CC[C@H]3OC23)cc1. The van der Waals surface area contributed by atoms with E-state index in [1.54, 1.807) is 0 Å². The maximum atomic E-state index is 13.7. The zero-order valence-corrected chi connectivity index (χ0v) is 24.8. The van der Waals surface area contributed by atoms with Gasteiger partial charge in [0, 0.05) is 38.3 Å². The quantitative estimate of drug-likeness (QED) is 0.203. The summed E-state index contributed by atoms with van der Waals surface area (Å²) >= 11 is 0. The lowest BCUT2D eigenvalue weighted by Gasteiger charge is -2.31. The molecule has 0 aromatic heterocycles. The van der Waals surface area contributed by atoms with E-state index in [0.717, 1.165) is 26.2 Å². The highest BCUT2D eigenvalue weighted by Gasteiger charge is 2.52. The molecule has 2 aliphatic carbocycles. The van der Waals surface area contributed by atoms with Gasteiger partial charge in [0.2, 0.25) is 0 Å². The van der Waals surface area contributed by atoms with E-state index in [0.29, 0.717) is 31.1 Å². The predicted molar refractivity (Wildman–Crippen MR) is 170 cm³/mol. The second kappa shape index (κ2) is 14.4. The van der Waals surface area contributed by atoms with Crippen molar-refractivity contribution in [2.45, 2.75) is 88.4 Å². The van der Waals surface area contributed by atoms with Gasteiger partial charge in [0.15, 0.2) is 0 Å². The minimum absolute atomic E-state index is 0.115. The van der Waals surface area contributed by atoms with Gasteiger partial charge in [-0.1, -0.05) is 121 Å². The summed E-state index contributed by atoms with van der Waals surface area (Å²) in [7, 11) is 0. The van der Waals surface area contributed by atoms with Crippen LogP contribution in [-0.2, 0) is 30.9 Å². The summed E-state index contributed by atoms with van der Waals surface area (Å²) in [4.78, 5) is 4.80. The first-order valence-corrected chi connectivity index (χ1v) is 15.8. The molecule has 1 N–H and O–H groups in total. The van der Waals surface area contributed by atoms with Gasteiger partial charge in [0.25, 0.3) is 0 Å². The molecule has 4 nitrogen and oxygen atoms in total. The normalized spacial score (nSPS) is 25.8. The monoisotopic (exact) mass is 578 g/mol. The summed E-state index contributed by atoms with van der Waals surface area (Å²) in [5.41, 5.74) is 5.15. The van der Waals surface area contributed by atoms with Crippen molar-refractivity contribution in [2.24, 2.45) is 0 Å². The Balaban J connectivity index is 0.000000153. The van der Waals surface area contributed by atoms with Crippen LogP contribution in [0.15, 0.2) is 121 Å². The lowest BCUT2D eigenvalue weighted by Crippen LogP contribution is -2.41. The van der Waals surface area contributed by atoms with Crippen LogP contribution in [0.5, 0.6) is 0 Å². The number of hydrogen-bond acceptors (Lipinski definition) is 4. The third kappa shape index (κ3) is 7.98. The van der Waals surface area contributed by atoms with Gasteiger partial charge in [-0.15, -0.1) is 0 Å². The zero-order valence-electron chi connectivity index (χ0n) is 24.8. The average Bonchev–Trinajstić information content (AvgIpc) is 3.58. The number of benzene rings is 4. The van der Waals surface area contributed by atoms with Crippen molar-refractivity contribution in [3.8, 4) is 0 Å². The lowest BCUT2D eigenvalue weighted by molar-refractivity contribution is 0.0259. The van der Waals surface area contributed by atoms with Gasteiger partial charge >= 0.3 is 0 Å². The molecule has 43 heavy (non-hydrogen) atoms. The molecule has 3 aliphatic rings. The molecule has 1 saturated heterocycles. The molecule has 3 fully saturated rings. The Kier molecular flexibility index (Phi) is 9.96. The third-order valence-electron chi connectivity index (χ3n) is 9.10. The van der Waals surface area contributed by atoms with E-state index in [2.05, 4.69) is 94.7 Å². The number of rotatable bonds is 10. The molecule has 5 heteroatoms. The fourth-order valence-corrected chi connectivity index (χ4v) is 6.78. The molecule has 224 valence electrons. The van der Waals surface area contributed by atoms with E-state index in [9.17, 15) is 9.50 Å². The highest BCUT2D eigenvalue weighted by atomic mass is 19.1. The van der Waals surface area contributed by atoms with Crippen molar-refractivity contribution >= 4 is 0 Å². The van der Waals surface area contributed by atoms with Crippen LogP contribution in [0.25, 0.3) is 0 Å². The number of nitrogens with zero attached hydrogens (tertiary/aromatic N) is 2. The fraction of sp³-hybridized carbons (Fsp3) is 0.368. The fourth-order valence-electron chi connectivity index (χ4n) is 6.78. The van der Waals surface area contributed by atoms with Crippen molar-refractivity contribution in [3.05, 3.63) is 144 Å². The maximum absolute atomic E-state index is 13.7. The van der Waals surface area contributed by atoms with Gasteiger partial charge in [-0.05, 0) is 47.9 Å². The largest absolute Gasteiger partial charge is 0.388 e. The summed E-state index contributed by atoms with van der Waals surface area (Å²) in [6.45, 7) is 3.47. The van der Waals surface area contributed by atoms with E-state index in [1.807, 2.05) is 36.4 Å². The molecule has 2 saturated carbocycles. The molecule has 0 spiro atoms. The zero-order chi connectivity index (χ0) is 29.4. The number of fused-ring (bicyclic) bond motifs is 1. The Labute approximate surface area is 255 Å². The number of halogens is 1.